The molecule has 0 radical (unpaired) electrons. The Morgan fingerprint density at radius 1 is 1.50 bits per heavy atom. The summed E-state index contributed by atoms with van der Waals surface area (Å²) in [4.78, 5) is 14.0. The Hall–Kier alpha value is -1.30. The summed E-state index contributed by atoms with van der Waals surface area (Å²) in [5, 5.41) is 0.500. The summed E-state index contributed by atoms with van der Waals surface area (Å²) < 4.78 is 16.1. The number of hydrogen-bond acceptors (Lipinski definition) is 4. The number of ether oxygens (including phenoxy) is 3. The second-order valence-corrected chi connectivity index (χ2v) is 5.03. The fraction of sp³-hybridized carbons (Fsp3) is 0.500. The summed E-state index contributed by atoms with van der Waals surface area (Å²) in [5.41, 5.74) is 0.444. The van der Waals surface area contributed by atoms with Gasteiger partial charge in [0.25, 0.3) is 5.91 Å². The van der Waals surface area contributed by atoms with Gasteiger partial charge < -0.3 is 19.1 Å². The molecule has 0 saturated carbocycles. The van der Waals surface area contributed by atoms with Crippen molar-refractivity contribution in [3.8, 4) is 5.75 Å². The molecule has 1 unspecified atom stereocenters. The summed E-state index contributed by atoms with van der Waals surface area (Å²) in [6.07, 6.45) is -0.0946. The average Bonchev–Trinajstić information content (AvgIpc) is 2.47. The van der Waals surface area contributed by atoms with Gasteiger partial charge in [-0.1, -0.05) is 11.6 Å². The maximum absolute atomic E-state index is 12.4. The second kappa shape index (κ2) is 6.92. The molecular weight excluding hydrogens is 282 g/mol. The molecule has 6 heteroatoms. The number of carbonyl (C=O) groups excluding carboxylic acids is 1. The van der Waals surface area contributed by atoms with Crippen LogP contribution in [0.1, 0.15) is 10.4 Å². The van der Waals surface area contributed by atoms with Crippen molar-refractivity contribution in [3.63, 3.8) is 0 Å². The number of hydrogen-bond donors (Lipinski definition) is 0. The van der Waals surface area contributed by atoms with Crippen LogP contribution in [0.25, 0.3) is 0 Å². The Bertz CT molecular complexity index is 474. The first-order valence-electron chi connectivity index (χ1n) is 6.40. The molecule has 1 aromatic rings. The summed E-state index contributed by atoms with van der Waals surface area (Å²) in [7, 11) is 3.25. The van der Waals surface area contributed by atoms with E-state index in [-0.39, 0.29) is 12.0 Å². The first-order chi connectivity index (χ1) is 9.61. The lowest BCUT2D eigenvalue weighted by Crippen LogP contribution is -2.40. The fourth-order valence-corrected chi connectivity index (χ4v) is 2.26. The van der Waals surface area contributed by atoms with Crippen LogP contribution in [-0.2, 0) is 9.47 Å². The van der Waals surface area contributed by atoms with Gasteiger partial charge in [-0.2, -0.15) is 0 Å². The number of nitrogens with zero attached hydrogens (tertiary/aromatic N) is 1. The van der Waals surface area contributed by atoms with E-state index in [1.807, 2.05) is 0 Å². The molecule has 0 N–H and O–H groups in total. The first-order valence-corrected chi connectivity index (χ1v) is 6.78. The molecule has 1 atom stereocenters. The van der Waals surface area contributed by atoms with Gasteiger partial charge in [0.15, 0.2) is 0 Å². The normalized spacial score (nSPS) is 18.6. The van der Waals surface area contributed by atoms with E-state index in [9.17, 15) is 4.79 Å². The number of amides is 1. The average molecular weight is 300 g/mol. The van der Waals surface area contributed by atoms with Crippen molar-refractivity contribution in [1.82, 2.24) is 4.90 Å². The third-order valence-corrected chi connectivity index (χ3v) is 3.34. The van der Waals surface area contributed by atoms with Crippen LogP contribution >= 0.6 is 11.6 Å². The third-order valence-electron chi connectivity index (χ3n) is 3.10. The summed E-state index contributed by atoms with van der Waals surface area (Å²) >= 11 is 5.94. The van der Waals surface area contributed by atoms with Crippen molar-refractivity contribution in [2.75, 3.05) is 40.5 Å². The van der Waals surface area contributed by atoms with E-state index in [0.29, 0.717) is 42.7 Å². The largest absolute Gasteiger partial charge is 0.496 e. The van der Waals surface area contributed by atoms with Crippen LogP contribution in [0, 0.1) is 0 Å². The van der Waals surface area contributed by atoms with Gasteiger partial charge in [0.2, 0.25) is 0 Å². The zero-order valence-corrected chi connectivity index (χ0v) is 12.4. The Morgan fingerprint density at radius 3 is 2.95 bits per heavy atom. The molecule has 1 heterocycles. The van der Waals surface area contributed by atoms with Gasteiger partial charge in [0.05, 0.1) is 38.6 Å². The van der Waals surface area contributed by atoms with E-state index in [2.05, 4.69) is 0 Å². The molecule has 0 aliphatic carbocycles. The van der Waals surface area contributed by atoms with Crippen LogP contribution in [0.5, 0.6) is 5.75 Å². The van der Waals surface area contributed by atoms with Crippen LogP contribution in [0.4, 0.5) is 0 Å². The quantitative estimate of drug-likeness (QED) is 0.851. The Labute approximate surface area is 123 Å². The van der Waals surface area contributed by atoms with Crippen LogP contribution in [-0.4, -0.2) is 57.4 Å². The highest BCUT2D eigenvalue weighted by atomic mass is 35.5. The highest BCUT2D eigenvalue weighted by Crippen LogP contribution is 2.24. The van der Waals surface area contributed by atoms with E-state index in [4.69, 9.17) is 25.8 Å². The van der Waals surface area contributed by atoms with Gasteiger partial charge in [-0.3, -0.25) is 4.79 Å². The standard InChI is InChI=1S/C14H18ClNO4/c1-16(8-11-9-19-5-6-20-11)14(17)12-7-10(15)3-4-13(12)18-2/h3-4,7,11H,5-6,8-9H2,1-2H3. The fourth-order valence-electron chi connectivity index (χ4n) is 2.08. The first kappa shape index (κ1) is 15.1. The van der Waals surface area contributed by atoms with Gasteiger partial charge in [0.1, 0.15) is 5.75 Å². The summed E-state index contributed by atoms with van der Waals surface area (Å²) in [6.45, 7) is 2.14. The predicted molar refractivity (Wildman–Crippen MR) is 75.5 cm³/mol. The number of rotatable bonds is 4. The van der Waals surface area contributed by atoms with Crippen LogP contribution in [0.15, 0.2) is 18.2 Å². The van der Waals surface area contributed by atoms with Crippen molar-refractivity contribution >= 4 is 17.5 Å². The topological polar surface area (TPSA) is 48.0 Å². The molecule has 1 saturated heterocycles. The van der Waals surface area contributed by atoms with Gasteiger partial charge >= 0.3 is 0 Å². The van der Waals surface area contributed by atoms with Crippen LogP contribution < -0.4 is 4.74 Å². The van der Waals surface area contributed by atoms with Crippen LogP contribution in [0.2, 0.25) is 5.02 Å². The lowest BCUT2D eigenvalue weighted by Gasteiger charge is -2.27. The smallest absolute Gasteiger partial charge is 0.257 e. The molecule has 20 heavy (non-hydrogen) atoms. The predicted octanol–water partition coefficient (Wildman–Crippen LogP) is 1.84. The SMILES string of the molecule is COc1ccc(Cl)cc1C(=O)N(C)CC1COCCO1. The van der Waals surface area contributed by atoms with Crippen molar-refractivity contribution in [2.45, 2.75) is 6.10 Å². The van der Waals surface area contributed by atoms with Gasteiger partial charge in [-0.05, 0) is 18.2 Å². The summed E-state index contributed by atoms with van der Waals surface area (Å²) in [6, 6.07) is 4.98. The van der Waals surface area contributed by atoms with Crippen molar-refractivity contribution < 1.29 is 19.0 Å². The molecule has 1 aliphatic heterocycles. The lowest BCUT2D eigenvalue weighted by atomic mass is 10.1. The molecule has 110 valence electrons. The Morgan fingerprint density at radius 2 is 2.30 bits per heavy atom. The van der Waals surface area contributed by atoms with Crippen molar-refractivity contribution in [1.29, 1.82) is 0 Å². The molecule has 1 aliphatic rings. The zero-order valence-electron chi connectivity index (χ0n) is 11.6. The number of halogens is 1. The highest BCUT2D eigenvalue weighted by Gasteiger charge is 2.22. The maximum atomic E-state index is 12.4. The molecule has 2 rings (SSSR count). The number of benzene rings is 1. The number of methoxy groups -OCH3 is 1. The number of likely N-dealkylation sites (N-methyl/N-ethyl adjacent to an activating group) is 1. The number of carbonyl (C=O) groups is 1. The van der Waals surface area contributed by atoms with Crippen LogP contribution in [0.3, 0.4) is 0 Å². The minimum atomic E-state index is -0.154. The van der Waals surface area contributed by atoms with E-state index >= 15 is 0 Å². The van der Waals surface area contributed by atoms with Crippen molar-refractivity contribution in [2.24, 2.45) is 0 Å². The molecule has 0 spiro atoms. The van der Waals surface area contributed by atoms with Gasteiger partial charge in [-0.15, -0.1) is 0 Å². The van der Waals surface area contributed by atoms with E-state index in [1.165, 1.54) is 7.11 Å². The van der Waals surface area contributed by atoms with E-state index < -0.39 is 0 Å². The minimum Gasteiger partial charge on any atom is -0.496 e. The molecular formula is C14H18ClNO4. The van der Waals surface area contributed by atoms with Crippen molar-refractivity contribution in [3.05, 3.63) is 28.8 Å². The zero-order chi connectivity index (χ0) is 14.5. The molecule has 5 nitrogen and oxygen atoms in total. The Balaban J connectivity index is 2.07. The molecule has 1 amide bonds. The lowest BCUT2D eigenvalue weighted by molar-refractivity contribution is -0.0933. The molecule has 1 fully saturated rings. The van der Waals surface area contributed by atoms with Gasteiger partial charge in [0, 0.05) is 18.6 Å². The monoisotopic (exact) mass is 299 g/mol. The second-order valence-electron chi connectivity index (χ2n) is 4.60. The Kier molecular flexibility index (Phi) is 5.23. The summed E-state index contributed by atoms with van der Waals surface area (Å²) in [5.74, 6) is 0.352. The molecule has 0 aromatic heterocycles. The van der Waals surface area contributed by atoms with E-state index in [0.717, 1.165) is 0 Å². The van der Waals surface area contributed by atoms with E-state index in [1.54, 1.807) is 30.1 Å². The highest BCUT2D eigenvalue weighted by molar-refractivity contribution is 6.31. The minimum absolute atomic E-state index is 0.0946. The third kappa shape index (κ3) is 3.62. The maximum Gasteiger partial charge on any atom is 0.257 e. The molecule has 1 aromatic carbocycles. The molecule has 0 bridgehead atoms. The van der Waals surface area contributed by atoms with Gasteiger partial charge in [-0.25, -0.2) is 0 Å².